The summed E-state index contributed by atoms with van der Waals surface area (Å²) < 4.78 is 0. The molecule has 2 aromatic rings. The van der Waals surface area contributed by atoms with Crippen LogP contribution in [-0.2, 0) is 17.8 Å². The van der Waals surface area contributed by atoms with E-state index in [4.69, 9.17) is 0 Å². The Morgan fingerprint density at radius 3 is 2.59 bits per heavy atom. The number of carbonyl (C=O) groups excluding carboxylic acids is 1. The molecule has 1 atom stereocenters. The number of rotatable bonds is 8. The van der Waals surface area contributed by atoms with Crippen LogP contribution in [0.15, 0.2) is 47.8 Å². The molecular weight excluding hydrogens is 290 g/mol. The molecule has 0 aliphatic rings. The highest BCUT2D eigenvalue weighted by Crippen LogP contribution is 2.16. The standard InChI is InChI=1S/C19H25NOS/c1-3-16(2)20(15-17-9-5-4-6-10-17)19(21)13-7-11-18-12-8-14-22-18/h4-6,8-10,12,14,16H,3,7,11,13,15H2,1-2H3. The SMILES string of the molecule is CCC(C)N(Cc1ccccc1)C(=O)CCCc1cccs1. The summed E-state index contributed by atoms with van der Waals surface area (Å²) in [6.07, 6.45) is 3.56. The van der Waals surface area contributed by atoms with E-state index in [-0.39, 0.29) is 11.9 Å². The van der Waals surface area contributed by atoms with Crippen LogP contribution in [0.25, 0.3) is 0 Å². The Hall–Kier alpha value is -1.61. The molecule has 0 bridgehead atoms. The van der Waals surface area contributed by atoms with E-state index in [0.29, 0.717) is 13.0 Å². The molecule has 1 aromatic heterocycles. The highest BCUT2D eigenvalue weighted by atomic mass is 32.1. The minimum Gasteiger partial charge on any atom is -0.336 e. The fourth-order valence-electron chi connectivity index (χ4n) is 2.50. The van der Waals surface area contributed by atoms with Gasteiger partial charge in [0.2, 0.25) is 5.91 Å². The van der Waals surface area contributed by atoms with Crippen molar-refractivity contribution in [1.29, 1.82) is 0 Å². The van der Waals surface area contributed by atoms with Crippen LogP contribution in [0.3, 0.4) is 0 Å². The van der Waals surface area contributed by atoms with Crippen molar-refractivity contribution < 1.29 is 4.79 Å². The lowest BCUT2D eigenvalue weighted by Crippen LogP contribution is -2.37. The first-order valence-corrected chi connectivity index (χ1v) is 8.94. The van der Waals surface area contributed by atoms with Crippen LogP contribution in [0.5, 0.6) is 0 Å². The molecule has 0 saturated heterocycles. The number of aryl methyl sites for hydroxylation is 1. The van der Waals surface area contributed by atoms with Crippen LogP contribution in [0.2, 0.25) is 0 Å². The van der Waals surface area contributed by atoms with E-state index in [0.717, 1.165) is 19.3 Å². The van der Waals surface area contributed by atoms with Crippen LogP contribution in [0.1, 0.15) is 43.6 Å². The number of benzene rings is 1. The zero-order valence-corrected chi connectivity index (χ0v) is 14.3. The Morgan fingerprint density at radius 2 is 1.95 bits per heavy atom. The second-order valence-corrected chi connectivity index (χ2v) is 6.73. The van der Waals surface area contributed by atoms with Gasteiger partial charge in [-0.25, -0.2) is 0 Å². The van der Waals surface area contributed by atoms with Gasteiger partial charge in [-0.1, -0.05) is 43.3 Å². The minimum absolute atomic E-state index is 0.273. The third kappa shape index (κ3) is 4.99. The zero-order chi connectivity index (χ0) is 15.8. The molecule has 1 aromatic carbocycles. The fourth-order valence-corrected chi connectivity index (χ4v) is 3.25. The maximum Gasteiger partial charge on any atom is 0.223 e. The molecule has 0 aliphatic carbocycles. The third-order valence-electron chi connectivity index (χ3n) is 4.03. The molecule has 0 radical (unpaired) electrons. The Balaban J connectivity index is 1.91. The van der Waals surface area contributed by atoms with Crippen LogP contribution in [0.4, 0.5) is 0 Å². The monoisotopic (exact) mass is 315 g/mol. The van der Waals surface area contributed by atoms with Crippen molar-refractivity contribution in [2.45, 2.75) is 52.1 Å². The molecule has 1 heterocycles. The van der Waals surface area contributed by atoms with E-state index in [2.05, 4.69) is 43.5 Å². The van der Waals surface area contributed by atoms with Crippen molar-refractivity contribution in [2.75, 3.05) is 0 Å². The molecule has 0 spiro atoms. The number of carbonyl (C=O) groups is 1. The molecule has 1 unspecified atom stereocenters. The molecule has 0 saturated carbocycles. The summed E-state index contributed by atoms with van der Waals surface area (Å²) in [5.41, 5.74) is 1.20. The van der Waals surface area contributed by atoms with Crippen LogP contribution in [-0.4, -0.2) is 16.8 Å². The summed E-state index contributed by atoms with van der Waals surface area (Å²) in [7, 11) is 0. The van der Waals surface area contributed by atoms with Crippen molar-refractivity contribution in [1.82, 2.24) is 4.90 Å². The van der Waals surface area contributed by atoms with Crippen molar-refractivity contribution in [3.63, 3.8) is 0 Å². The van der Waals surface area contributed by atoms with E-state index < -0.39 is 0 Å². The molecule has 2 rings (SSSR count). The van der Waals surface area contributed by atoms with Crippen LogP contribution < -0.4 is 0 Å². The molecule has 3 heteroatoms. The number of nitrogens with zero attached hydrogens (tertiary/aromatic N) is 1. The maximum absolute atomic E-state index is 12.6. The van der Waals surface area contributed by atoms with Gasteiger partial charge in [-0.3, -0.25) is 4.79 Å². The molecular formula is C19H25NOS. The largest absolute Gasteiger partial charge is 0.336 e. The van der Waals surface area contributed by atoms with Crippen LogP contribution in [0, 0.1) is 0 Å². The maximum atomic E-state index is 12.6. The topological polar surface area (TPSA) is 20.3 Å². The van der Waals surface area contributed by atoms with Crippen molar-refractivity contribution in [3.8, 4) is 0 Å². The summed E-state index contributed by atoms with van der Waals surface area (Å²) in [6.45, 7) is 5.00. The van der Waals surface area contributed by atoms with Gasteiger partial charge in [-0.2, -0.15) is 0 Å². The average molecular weight is 315 g/mol. The molecule has 22 heavy (non-hydrogen) atoms. The number of hydrogen-bond donors (Lipinski definition) is 0. The lowest BCUT2D eigenvalue weighted by atomic mass is 10.1. The highest BCUT2D eigenvalue weighted by Gasteiger charge is 2.18. The van der Waals surface area contributed by atoms with Crippen LogP contribution >= 0.6 is 11.3 Å². The second-order valence-electron chi connectivity index (χ2n) is 5.70. The van der Waals surface area contributed by atoms with Gasteiger partial charge in [-0.05, 0) is 43.2 Å². The van der Waals surface area contributed by atoms with Gasteiger partial charge in [0.25, 0.3) is 0 Å². The Bertz CT molecular complexity index is 550. The van der Waals surface area contributed by atoms with E-state index in [9.17, 15) is 4.79 Å². The predicted molar refractivity (Wildman–Crippen MR) is 94.0 cm³/mol. The normalized spacial score (nSPS) is 12.1. The Kier molecular flexibility index (Phi) is 6.66. The quantitative estimate of drug-likeness (QED) is 0.678. The molecule has 1 amide bonds. The number of thiophene rings is 1. The molecule has 0 fully saturated rings. The van der Waals surface area contributed by atoms with Gasteiger partial charge in [-0.15, -0.1) is 11.3 Å². The van der Waals surface area contributed by atoms with Crippen molar-refractivity contribution in [3.05, 3.63) is 58.3 Å². The van der Waals surface area contributed by atoms with Gasteiger partial charge < -0.3 is 4.90 Å². The Labute approximate surface area is 137 Å². The van der Waals surface area contributed by atoms with Gasteiger partial charge in [0.15, 0.2) is 0 Å². The van der Waals surface area contributed by atoms with Gasteiger partial charge in [0, 0.05) is 23.9 Å². The van der Waals surface area contributed by atoms with E-state index in [1.54, 1.807) is 11.3 Å². The summed E-state index contributed by atoms with van der Waals surface area (Å²) in [6, 6.07) is 14.8. The lowest BCUT2D eigenvalue weighted by molar-refractivity contribution is -0.134. The smallest absolute Gasteiger partial charge is 0.223 e. The van der Waals surface area contributed by atoms with Gasteiger partial charge in [0.05, 0.1) is 0 Å². The number of amides is 1. The number of hydrogen-bond acceptors (Lipinski definition) is 2. The van der Waals surface area contributed by atoms with Crippen molar-refractivity contribution >= 4 is 17.2 Å². The third-order valence-corrected chi connectivity index (χ3v) is 4.97. The summed E-state index contributed by atoms with van der Waals surface area (Å²) >= 11 is 1.77. The van der Waals surface area contributed by atoms with Gasteiger partial charge in [0.1, 0.15) is 0 Å². The Morgan fingerprint density at radius 1 is 1.18 bits per heavy atom. The van der Waals surface area contributed by atoms with Crippen molar-refractivity contribution in [2.24, 2.45) is 0 Å². The summed E-state index contributed by atoms with van der Waals surface area (Å²) in [5.74, 6) is 0.273. The average Bonchev–Trinajstić information content (AvgIpc) is 3.06. The second kappa shape index (κ2) is 8.74. The van der Waals surface area contributed by atoms with Gasteiger partial charge >= 0.3 is 0 Å². The highest BCUT2D eigenvalue weighted by molar-refractivity contribution is 7.09. The lowest BCUT2D eigenvalue weighted by Gasteiger charge is -2.29. The first-order valence-electron chi connectivity index (χ1n) is 8.06. The van der Waals surface area contributed by atoms with E-state index >= 15 is 0 Å². The molecule has 0 aliphatic heterocycles. The summed E-state index contributed by atoms with van der Waals surface area (Å²) in [5, 5.41) is 2.10. The predicted octanol–water partition coefficient (Wildman–Crippen LogP) is 4.90. The van der Waals surface area contributed by atoms with E-state index in [1.165, 1.54) is 10.4 Å². The molecule has 0 N–H and O–H groups in total. The first-order chi connectivity index (χ1) is 10.7. The fraction of sp³-hybridized carbons (Fsp3) is 0.421. The first kappa shape index (κ1) is 16.8. The molecule has 2 nitrogen and oxygen atoms in total. The molecule has 118 valence electrons. The minimum atomic E-state index is 0.273. The zero-order valence-electron chi connectivity index (χ0n) is 13.5. The van der Waals surface area contributed by atoms with E-state index in [1.807, 2.05) is 23.1 Å². The summed E-state index contributed by atoms with van der Waals surface area (Å²) in [4.78, 5) is 16.0.